The molecule has 0 bridgehead atoms. The molecule has 3 aromatic rings. The molecule has 1 heterocycles. The normalized spacial score (nSPS) is 19.4. The van der Waals surface area contributed by atoms with Crippen LogP contribution in [0.15, 0.2) is 66.7 Å². The molecule has 5 nitrogen and oxygen atoms in total. The summed E-state index contributed by atoms with van der Waals surface area (Å²) in [5, 5.41) is 0.762. The van der Waals surface area contributed by atoms with Gasteiger partial charge < -0.3 is 19.4 Å². The second-order valence-corrected chi connectivity index (χ2v) is 11.4. The van der Waals surface area contributed by atoms with Crippen molar-refractivity contribution in [3.05, 3.63) is 88.4 Å². The number of benzene rings is 3. The lowest BCUT2D eigenvalue weighted by molar-refractivity contribution is -0.118. The molecule has 1 saturated carbocycles. The average molecular weight is 532 g/mol. The SMILES string of the molecule is COc1ccc2c(c1)CC(=O)N(c1ccc(N(Cc3ccc(Cl)cc3)CC3CCC(N(C)C)CC3)cc1)C2. The summed E-state index contributed by atoms with van der Waals surface area (Å²) in [5.41, 5.74) is 5.61. The summed E-state index contributed by atoms with van der Waals surface area (Å²) < 4.78 is 5.34. The predicted molar refractivity (Wildman–Crippen MR) is 156 cm³/mol. The zero-order valence-corrected chi connectivity index (χ0v) is 23.5. The van der Waals surface area contributed by atoms with Gasteiger partial charge in [0.05, 0.1) is 20.1 Å². The van der Waals surface area contributed by atoms with Crippen molar-refractivity contribution in [2.24, 2.45) is 5.92 Å². The zero-order chi connectivity index (χ0) is 26.6. The number of halogens is 1. The Morgan fingerprint density at radius 3 is 2.29 bits per heavy atom. The molecule has 0 N–H and O–H groups in total. The summed E-state index contributed by atoms with van der Waals surface area (Å²) in [4.78, 5) is 19.8. The zero-order valence-electron chi connectivity index (χ0n) is 22.7. The monoisotopic (exact) mass is 531 g/mol. The fourth-order valence-electron chi connectivity index (χ4n) is 5.87. The van der Waals surface area contributed by atoms with Crippen molar-refractivity contribution in [1.82, 2.24) is 4.90 Å². The quantitative estimate of drug-likeness (QED) is 0.329. The van der Waals surface area contributed by atoms with Gasteiger partial charge in [0.2, 0.25) is 5.91 Å². The Hall–Kier alpha value is -3.02. The molecule has 1 fully saturated rings. The highest BCUT2D eigenvalue weighted by Gasteiger charge is 2.26. The first kappa shape index (κ1) is 26.6. The number of anilines is 2. The third-order valence-electron chi connectivity index (χ3n) is 8.22. The second-order valence-electron chi connectivity index (χ2n) is 11.0. The van der Waals surface area contributed by atoms with E-state index in [0.29, 0.717) is 24.9 Å². The Morgan fingerprint density at radius 2 is 1.63 bits per heavy atom. The highest BCUT2D eigenvalue weighted by atomic mass is 35.5. The molecule has 5 rings (SSSR count). The summed E-state index contributed by atoms with van der Waals surface area (Å²) in [5.74, 6) is 1.59. The Bertz CT molecular complexity index is 1230. The van der Waals surface area contributed by atoms with Crippen LogP contribution in [0.25, 0.3) is 0 Å². The van der Waals surface area contributed by atoms with E-state index in [4.69, 9.17) is 16.3 Å². The molecular weight excluding hydrogens is 494 g/mol. The maximum atomic E-state index is 13.0. The number of carbonyl (C=O) groups excluding carboxylic acids is 1. The number of fused-ring (bicyclic) bond motifs is 1. The Morgan fingerprint density at radius 1 is 0.921 bits per heavy atom. The molecule has 0 saturated heterocycles. The van der Waals surface area contributed by atoms with Crippen LogP contribution in [0.5, 0.6) is 5.75 Å². The van der Waals surface area contributed by atoms with Crippen LogP contribution in [-0.4, -0.2) is 44.6 Å². The number of carbonyl (C=O) groups is 1. The van der Waals surface area contributed by atoms with Crippen molar-refractivity contribution in [3.63, 3.8) is 0 Å². The number of hydrogen-bond acceptors (Lipinski definition) is 4. The molecule has 1 aliphatic carbocycles. The fourth-order valence-corrected chi connectivity index (χ4v) is 6.00. The molecular formula is C32H38ClN3O2. The molecule has 200 valence electrons. The van der Waals surface area contributed by atoms with E-state index in [1.165, 1.54) is 42.5 Å². The number of amides is 1. The van der Waals surface area contributed by atoms with Gasteiger partial charge in [-0.1, -0.05) is 29.8 Å². The van der Waals surface area contributed by atoms with Gasteiger partial charge in [0.25, 0.3) is 0 Å². The number of nitrogens with zero attached hydrogens (tertiary/aromatic N) is 3. The van der Waals surface area contributed by atoms with Crippen molar-refractivity contribution >= 4 is 28.9 Å². The lowest BCUT2D eigenvalue weighted by Crippen LogP contribution is -2.37. The van der Waals surface area contributed by atoms with Crippen LogP contribution in [0.4, 0.5) is 11.4 Å². The maximum Gasteiger partial charge on any atom is 0.231 e. The molecule has 1 aliphatic heterocycles. The van der Waals surface area contributed by atoms with E-state index in [-0.39, 0.29) is 5.91 Å². The molecule has 38 heavy (non-hydrogen) atoms. The molecule has 0 spiro atoms. The molecule has 6 heteroatoms. The van der Waals surface area contributed by atoms with Crippen LogP contribution >= 0.6 is 11.6 Å². The summed E-state index contributed by atoms with van der Waals surface area (Å²) >= 11 is 6.15. The summed E-state index contributed by atoms with van der Waals surface area (Å²) in [7, 11) is 6.05. The molecule has 0 unspecified atom stereocenters. The van der Waals surface area contributed by atoms with E-state index in [2.05, 4.69) is 66.4 Å². The van der Waals surface area contributed by atoms with Gasteiger partial charge in [-0.2, -0.15) is 0 Å². The van der Waals surface area contributed by atoms with Crippen LogP contribution in [0.1, 0.15) is 42.4 Å². The average Bonchev–Trinajstić information content (AvgIpc) is 2.93. The van der Waals surface area contributed by atoms with Crippen molar-refractivity contribution in [1.29, 1.82) is 0 Å². The minimum absolute atomic E-state index is 0.120. The second kappa shape index (κ2) is 11.8. The standard InChI is InChI=1S/C32H38ClN3O2/c1-34(2)28-11-6-24(7-12-28)21-35(20-23-4-9-27(33)10-5-23)29-13-15-30(16-14-29)36-22-25-8-17-31(38-3)18-26(25)19-32(36)37/h4-5,8-10,13-18,24,28H,6-7,11-12,19-22H2,1-3H3. The summed E-state index contributed by atoms with van der Waals surface area (Å²) in [6.45, 7) is 2.45. The van der Waals surface area contributed by atoms with Crippen LogP contribution in [0.2, 0.25) is 5.02 Å². The third-order valence-corrected chi connectivity index (χ3v) is 8.47. The molecule has 2 aliphatic rings. The summed E-state index contributed by atoms with van der Waals surface area (Å²) in [6, 6.07) is 23.4. The van der Waals surface area contributed by atoms with E-state index < -0.39 is 0 Å². The molecule has 0 atom stereocenters. The lowest BCUT2D eigenvalue weighted by Gasteiger charge is -2.36. The van der Waals surface area contributed by atoms with Crippen LogP contribution in [0.3, 0.4) is 0 Å². The lowest BCUT2D eigenvalue weighted by atomic mass is 9.85. The van der Waals surface area contributed by atoms with Gasteiger partial charge in [-0.25, -0.2) is 0 Å². The fraction of sp³-hybridized carbons (Fsp3) is 0.406. The number of rotatable bonds is 8. The minimum Gasteiger partial charge on any atom is -0.497 e. The first-order chi connectivity index (χ1) is 18.4. The van der Waals surface area contributed by atoms with E-state index in [1.54, 1.807) is 7.11 Å². The first-order valence-corrected chi connectivity index (χ1v) is 14.0. The van der Waals surface area contributed by atoms with Crippen LogP contribution in [0, 0.1) is 5.92 Å². The van der Waals surface area contributed by atoms with Crippen molar-refractivity contribution in [3.8, 4) is 5.75 Å². The van der Waals surface area contributed by atoms with Gasteiger partial charge in [0, 0.05) is 35.5 Å². The van der Waals surface area contributed by atoms with Gasteiger partial charge in [-0.05, 0) is 111 Å². The number of hydrogen-bond donors (Lipinski definition) is 0. The van der Waals surface area contributed by atoms with E-state index >= 15 is 0 Å². The van der Waals surface area contributed by atoms with Gasteiger partial charge in [-0.3, -0.25) is 4.79 Å². The van der Waals surface area contributed by atoms with Gasteiger partial charge in [0.15, 0.2) is 0 Å². The van der Waals surface area contributed by atoms with E-state index in [0.717, 1.165) is 35.1 Å². The molecule has 0 radical (unpaired) electrons. The largest absolute Gasteiger partial charge is 0.497 e. The smallest absolute Gasteiger partial charge is 0.231 e. The Balaban J connectivity index is 1.33. The first-order valence-electron chi connectivity index (χ1n) is 13.6. The van der Waals surface area contributed by atoms with E-state index in [9.17, 15) is 4.79 Å². The number of methoxy groups -OCH3 is 1. The van der Waals surface area contributed by atoms with Crippen molar-refractivity contribution < 1.29 is 9.53 Å². The van der Waals surface area contributed by atoms with Gasteiger partial charge in [-0.15, -0.1) is 0 Å². The number of ether oxygens (including phenoxy) is 1. The summed E-state index contributed by atoms with van der Waals surface area (Å²) in [6.07, 6.45) is 5.42. The highest BCUT2D eigenvalue weighted by molar-refractivity contribution is 6.30. The minimum atomic E-state index is 0.120. The Labute approximate surface area is 232 Å². The molecule has 0 aromatic heterocycles. The van der Waals surface area contributed by atoms with Crippen molar-refractivity contribution in [2.75, 3.05) is 37.5 Å². The highest BCUT2D eigenvalue weighted by Crippen LogP contribution is 2.32. The van der Waals surface area contributed by atoms with Crippen LogP contribution < -0.4 is 14.5 Å². The topological polar surface area (TPSA) is 36.0 Å². The van der Waals surface area contributed by atoms with Gasteiger partial charge in [0.1, 0.15) is 5.75 Å². The van der Waals surface area contributed by atoms with E-state index in [1.807, 2.05) is 29.2 Å². The van der Waals surface area contributed by atoms with Crippen LogP contribution in [-0.2, 0) is 24.3 Å². The van der Waals surface area contributed by atoms with Crippen molar-refractivity contribution in [2.45, 2.75) is 51.2 Å². The molecule has 1 amide bonds. The third kappa shape index (κ3) is 6.16. The van der Waals surface area contributed by atoms with Gasteiger partial charge >= 0.3 is 0 Å². The Kier molecular flexibility index (Phi) is 8.25. The molecule has 3 aromatic carbocycles. The maximum absolute atomic E-state index is 13.0. The predicted octanol–water partition coefficient (Wildman–Crippen LogP) is 6.56.